The van der Waals surface area contributed by atoms with Gasteiger partial charge in [-0.05, 0) is 39.0 Å². The molecule has 0 saturated carbocycles. The molecule has 3 nitrogen and oxygen atoms in total. The van der Waals surface area contributed by atoms with Crippen LogP contribution in [0.3, 0.4) is 0 Å². The maximum atomic E-state index is 12.3. The van der Waals surface area contributed by atoms with Crippen molar-refractivity contribution in [3.63, 3.8) is 0 Å². The summed E-state index contributed by atoms with van der Waals surface area (Å²) in [5.41, 5.74) is 1.12. The lowest BCUT2D eigenvalue weighted by molar-refractivity contribution is -0.122. The number of amides is 1. The van der Waals surface area contributed by atoms with Crippen LogP contribution in [0.5, 0.6) is 0 Å². The fourth-order valence-corrected chi connectivity index (χ4v) is 2.15. The highest BCUT2D eigenvalue weighted by atomic mass is 16.1. The zero-order chi connectivity index (χ0) is 14.1. The second-order valence-corrected chi connectivity index (χ2v) is 5.20. The van der Waals surface area contributed by atoms with E-state index in [1.165, 1.54) is 0 Å². The van der Waals surface area contributed by atoms with Gasteiger partial charge in [0.25, 0.3) is 0 Å². The van der Waals surface area contributed by atoms with E-state index < -0.39 is 0 Å². The molecule has 0 aliphatic rings. The van der Waals surface area contributed by atoms with Gasteiger partial charge in [0.05, 0.1) is 5.92 Å². The van der Waals surface area contributed by atoms with Gasteiger partial charge in [0.15, 0.2) is 0 Å². The molecule has 1 unspecified atom stereocenters. The molecule has 0 radical (unpaired) electrons. The Hall–Kier alpha value is -1.35. The normalized spacial score (nSPS) is 12.4. The van der Waals surface area contributed by atoms with Crippen molar-refractivity contribution in [1.82, 2.24) is 10.2 Å². The molecular weight excluding hydrogens is 236 g/mol. The van der Waals surface area contributed by atoms with E-state index in [9.17, 15) is 4.79 Å². The third kappa shape index (κ3) is 5.88. The molecule has 1 aromatic rings. The molecule has 1 atom stereocenters. The van der Waals surface area contributed by atoms with Crippen molar-refractivity contribution in [2.45, 2.75) is 32.1 Å². The van der Waals surface area contributed by atoms with E-state index in [1.807, 2.05) is 44.4 Å². The number of carbonyl (C=O) groups is 1. The molecule has 19 heavy (non-hydrogen) atoms. The van der Waals surface area contributed by atoms with Crippen molar-refractivity contribution in [1.29, 1.82) is 0 Å². The number of carbonyl (C=O) groups excluding carboxylic acids is 1. The van der Waals surface area contributed by atoms with Crippen LogP contribution in [0.15, 0.2) is 30.3 Å². The minimum absolute atomic E-state index is 0.00874. The zero-order valence-electron chi connectivity index (χ0n) is 12.4. The Bertz CT molecular complexity index is 362. The van der Waals surface area contributed by atoms with Crippen LogP contribution in [-0.4, -0.2) is 38.0 Å². The summed E-state index contributed by atoms with van der Waals surface area (Å²) in [4.78, 5) is 14.4. The first-order chi connectivity index (χ1) is 9.15. The van der Waals surface area contributed by atoms with Gasteiger partial charge in [0, 0.05) is 6.54 Å². The minimum atomic E-state index is -0.00874. The van der Waals surface area contributed by atoms with E-state index in [2.05, 4.69) is 17.1 Å². The molecule has 0 spiro atoms. The van der Waals surface area contributed by atoms with Crippen LogP contribution in [0.2, 0.25) is 0 Å². The Morgan fingerprint density at radius 1 is 1.26 bits per heavy atom. The molecule has 0 bridgehead atoms. The summed E-state index contributed by atoms with van der Waals surface area (Å²) in [6.07, 6.45) is 2.92. The molecule has 0 aromatic heterocycles. The summed E-state index contributed by atoms with van der Waals surface area (Å²) in [6, 6.07) is 10.1. The Labute approximate surface area is 117 Å². The molecule has 1 rings (SSSR count). The molecule has 0 aliphatic carbocycles. The highest BCUT2D eigenvalue weighted by Crippen LogP contribution is 2.21. The van der Waals surface area contributed by atoms with Crippen LogP contribution in [0.1, 0.15) is 37.7 Å². The average molecular weight is 262 g/mol. The van der Waals surface area contributed by atoms with E-state index >= 15 is 0 Å². The maximum Gasteiger partial charge on any atom is 0.227 e. The molecule has 0 fully saturated rings. The number of nitrogens with zero attached hydrogens (tertiary/aromatic N) is 1. The minimum Gasteiger partial charge on any atom is -0.356 e. The van der Waals surface area contributed by atoms with Gasteiger partial charge in [0.1, 0.15) is 0 Å². The molecule has 1 aromatic carbocycles. The number of hydrogen-bond donors (Lipinski definition) is 1. The zero-order valence-corrected chi connectivity index (χ0v) is 12.4. The first-order valence-electron chi connectivity index (χ1n) is 7.12. The molecule has 0 aliphatic heterocycles. The Morgan fingerprint density at radius 2 is 1.95 bits per heavy atom. The standard InChI is InChI=1S/C16H26N2O/c1-4-9-15(14-10-6-5-7-11-14)16(19)17-12-8-13-18(2)3/h5-7,10-11,15H,4,8-9,12-13H2,1-3H3,(H,17,19). The first-order valence-corrected chi connectivity index (χ1v) is 7.12. The van der Waals surface area contributed by atoms with Crippen LogP contribution in [0, 0.1) is 0 Å². The van der Waals surface area contributed by atoms with Gasteiger partial charge in [-0.2, -0.15) is 0 Å². The highest BCUT2D eigenvalue weighted by Gasteiger charge is 2.18. The van der Waals surface area contributed by atoms with Gasteiger partial charge in [-0.15, -0.1) is 0 Å². The molecule has 3 heteroatoms. The number of benzene rings is 1. The lowest BCUT2D eigenvalue weighted by Crippen LogP contribution is -2.31. The third-order valence-electron chi connectivity index (χ3n) is 3.18. The fourth-order valence-electron chi connectivity index (χ4n) is 2.15. The average Bonchev–Trinajstić information content (AvgIpc) is 2.41. The second kappa shape index (κ2) is 8.70. The van der Waals surface area contributed by atoms with Crippen molar-refractivity contribution >= 4 is 5.91 Å². The lowest BCUT2D eigenvalue weighted by atomic mass is 9.93. The Balaban J connectivity index is 2.50. The van der Waals surface area contributed by atoms with E-state index in [1.54, 1.807) is 0 Å². The van der Waals surface area contributed by atoms with Crippen LogP contribution < -0.4 is 5.32 Å². The van der Waals surface area contributed by atoms with Gasteiger partial charge in [-0.3, -0.25) is 4.79 Å². The third-order valence-corrected chi connectivity index (χ3v) is 3.18. The second-order valence-electron chi connectivity index (χ2n) is 5.20. The summed E-state index contributed by atoms with van der Waals surface area (Å²) >= 11 is 0. The molecule has 1 amide bonds. The van der Waals surface area contributed by atoms with Crippen LogP contribution in [0.4, 0.5) is 0 Å². The van der Waals surface area contributed by atoms with E-state index in [0.29, 0.717) is 0 Å². The summed E-state index contributed by atoms with van der Waals surface area (Å²) in [5, 5.41) is 3.06. The highest BCUT2D eigenvalue weighted by molar-refractivity contribution is 5.83. The molecule has 1 N–H and O–H groups in total. The largest absolute Gasteiger partial charge is 0.356 e. The van der Waals surface area contributed by atoms with Crippen molar-refractivity contribution in [2.75, 3.05) is 27.2 Å². The van der Waals surface area contributed by atoms with Gasteiger partial charge in [0.2, 0.25) is 5.91 Å². The topological polar surface area (TPSA) is 32.3 Å². The summed E-state index contributed by atoms with van der Waals surface area (Å²) in [5.74, 6) is 0.150. The predicted molar refractivity (Wildman–Crippen MR) is 80.3 cm³/mol. The lowest BCUT2D eigenvalue weighted by Gasteiger charge is -2.17. The Kier molecular flexibility index (Phi) is 7.19. The van der Waals surface area contributed by atoms with Crippen molar-refractivity contribution in [3.05, 3.63) is 35.9 Å². The maximum absolute atomic E-state index is 12.3. The fraction of sp³-hybridized carbons (Fsp3) is 0.562. The van der Waals surface area contributed by atoms with Crippen LogP contribution >= 0.6 is 0 Å². The summed E-state index contributed by atoms with van der Waals surface area (Å²) < 4.78 is 0. The van der Waals surface area contributed by atoms with Gasteiger partial charge < -0.3 is 10.2 Å². The number of hydrogen-bond acceptors (Lipinski definition) is 2. The predicted octanol–water partition coefficient (Wildman–Crippen LogP) is 2.64. The molecule has 0 heterocycles. The van der Waals surface area contributed by atoms with Crippen LogP contribution in [0.25, 0.3) is 0 Å². The van der Waals surface area contributed by atoms with Crippen molar-refractivity contribution < 1.29 is 4.79 Å². The van der Waals surface area contributed by atoms with Gasteiger partial charge >= 0.3 is 0 Å². The van der Waals surface area contributed by atoms with Gasteiger partial charge in [-0.1, -0.05) is 43.7 Å². The summed E-state index contributed by atoms with van der Waals surface area (Å²) in [7, 11) is 4.09. The number of rotatable bonds is 8. The van der Waals surface area contributed by atoms with E-state index in [4.69, 9.17) is 0 Å². The monoisotopic (exact) mass is 262 g/mol. The van der Waals surface area contributed by atoms with Crippen molar-refractivity contribution in [2.24, 2.45) is 0 Å². The molecule has 106 valence electrons. The van der Waals surface area contributed by atoms with E-state index in [0.717, 1.165) is 37.9 Å². The first kappa shape index (κ1) is 15.7. The van der Waals surface area contributed by atoms with Crippen LogP contribution in [-0.2, 0) is 4.79 Å². The summed E-state index contributed by atoms with van der Waals surface area (Å²) in [6.45, 7) is 3.88. The quantitative estimate of drug-likeness (QED) is 0.730. The van der Waals surface area contributed by atoms with Gasteiger partial charge in [-0.25, -0.2) is 0 Å². The molecular formula is C16H26N2O. The molecule has 0 saturated heterocycles. The Morgan fingerprint density at radius 3 is 2.53 bits per heavy atom. The van der Waals surface area contributed by atoms with Crippen molar-refractivity contribution in [3.8, 4) is 0 Å². The SMILES string of the molecule is CCCC(C(=O)NCCCN(C)C)c1ccccc1. The van der Waals surface area contributed by atoms with E-state index in [-0.39, 0.29) is 11.8 Å². The smallest absolute Gasteiger partial charge is 0.227 e. The number of nitrogens with one attached hydrogen (secondary N) is 1.